The second-order valence-electron chi connectivity index (χ2n) is 5.22. The molecular weight excluding hydrogens is 250 g/mol. The van der Waals surface area contributed by atoms with E-state index in [9.17, 15) is 0 Å². The van der Waals surface area contributed by atoms with Crippen LogP contribution in [-0.2, 0) is 12.8 Å². The van der Waals surface area contributed by atoms with Crippen molar-refractivity contribution in [1.29, 1.82) is 0 Å². The lowest BCUT2D eigenvalue weighted by molar-refractivity contribution is 0.369. The van der Waals surface area contributed by atoms with Crippen LogP contribution in [0.2, 0.25) is 0 Å². The molecule has 1 heterocycles. The Kier molecular flexibility index (Phi) is 5.74. The van der Waals surface area contributed by atoms with E-state index in [-0.39, 0.29) is 0 Å². The predicted molar refractivity (Wildman–Crippen MR) is 79.5 cm³/mol. The zero-order chi connectivity index (χ0) is 14.2. The van der Waals surface area contributed by atoms with Gasteiger partial charge in [0.05, 0.1) is 0 Å². The first-order chi connectivity index (χ1) is 9.78. The van der Waals surface area contributed by atoms with Gasteiger partial charge >= 0.3 is 0 Å². The molecule has 2 N–H and O–H groups in total. The highest BCUT2D eigenvalue weighted by atomic mass is 16.5. The lowest BCUT2D eigenvalue weighted by Crippen LogP contribution is -1.98. The van der Waals surface area contributed by atoms with Gasteiger partial charge in [-0.3, -0.25) is 0 Å². The molecule has 20 heavy (non-hydrogen) atoms. The van der Waals surface area contributed by atoms with Gasteiger partial charge in [0.25, 0.3) is 0 Å². The van der Waals surface area contributed by atoms with Crippen molar-refractivity contribution < 1.29 is 4.52 Å². The van der Waals surface area contributed by atoms with Gasteiger partial charge < -0.3 is 10.3 Å². The van der Waals surface area contributed by atoms with Crippen LogP contribution in [0.25, 0.3) is 0 Å². The molecule has 2 aromatic rings. The summed E-state index contributed by atoms with van der Waals surface area (Å²) >= 11 is 0. The largest absolute Gasteiger partial charge is 0.339 e. The topological polar surface area (TPSA) is 64.9 Å². The van der Waals surface area contributed by atoms with E-state index in [0.29, 0.717) is 0 Å². The Morgan fingerprint density at radius 1 is 1.15 bits per heavy atom. The highest BCUT2D eigenvalue weighted by Gasteiger charge is 2.07. The van der Waals surface area contributed by atoms with E-state index in [1.807, 2.05) is 0 Å². The van der Waals surface area contributed by atoms with Gasteiger partial charge in [0.2, 0.25) is 5.89 Å². The number of hydrogen-bond donors (Lipinski definition) is 1. The van der Waals surface area contributed by atoms with Gasteiger partial charge in [0, 0.05) is 12.8 Å². The fourth-order valence-electron chi connectivity index (χ4n) is 2.24. The zero-order valence-corrected chi connectivity index (χ0v) is 12.1. The molecule has 0 aliphatic rings. The summed E-state index contributed by atoms with van der Waals surface area (Å²) in [6, 6.07) is 8.40. The molecule has 0 unspecified atom stereocenters. The van der Waals surface area contributed by atoms with Crippen LogP contribution < -0.4 is 5.73 Å². The van der Waals surface area contributed by atoms with Crippen LogP contribution in [0, 0.1) is 6.92 Å². The molecule has 0 saturated heterocycles. The first-order valence-corrected chi connectivity index (χ1v) is 7.35. The summed E-state index contributed by atoms with van der Waals surface area (Å²) in [7, 11) is 0. The second-order valence-corrected chi connectivity index (χ2v) is 5.22. The molecule has 1 aromatic carbocycles. The van der Waals surface area contributed by atoms with Gasteiger partial charge in [-0.15, -0.1) is 0 Å². The van der Waals surface area contributed by atoms with E-state index in [1.165, 1.54) is 24.0 Å². The first kappa shape index (κ1) is 14.7. The fraction of sp³-hybridized carbons (Fsp3) is 0.500. The van der Waals surface area contributed by atoms with Crippen LogP contribution in [0.3, 0.4) is 0 Å². The lowest BCUT2D eigenvalue weighted by Gasteiger charge is -1.98. The Morgan fingerprint density at radius 3 is 2.80 bits per heavy atom. The molecular formula is C16H23N3O. The monoisotopic (exact) mass is 273 g/mol. The van der Waals surface area contributed by atoms with E-state index in [2.05, 4.69) is 41.3 Å². The summed E-state index contributed by atoms with van der Waals surface area (Å²) in [6.07, 6.45) is 6.14. The highest BCUT2D eigenvalue weighted by molar-refractivity contribution is 5.24. The fourth-order valence-corrected chi connectivity index (χ4v) is 2.24. The zero-order valence-electron chi connectivity index (χ0n) is 12.1. The van der Waals surface area contributed by atoms with Gasteiger partial charge in [-0.05, 0) is 31.9 Å². The van der Waals surface area contributed by atoms with Gasteiger partial charge in [-0.25, -0.2) is 0 Å². The molecule has 2 rings (SSSR count). The standard InChI is InChI=1S/C16H23N3O/c1-13-7-6-8-14(11-13)12-15-18-16(20-19-15)9-4-2-3-5-10-17/h6-8,11H,2-5,9-10,12,17H2,1H3. The van der Waals surface area contributed by atoms with Gasteiger partial charge in [0.1, 0.15) is 0 Å². The van der Waals surface area contributed by atoms with Crippen LogP contribution in [0.4, 0.5) is 0 Å². The van der Waals surface area contributed by atoms with E-state index in [0.717, 1.165) is 43.9 Å². The SMILES string of the molecule is Cc1cccc(Cc2noc(CCCCCCN)n2)c1. The van der Waals surface area contributed by atoms with Crippen molar-refractivity contribution in [3.05, 3.63) is 47.1 Å². The Labute approximate surface area is 120 Å². The minimum Gasteiger partial charge on any atom is -0.339 e. The Bertz CT molecular complexity index is 522. The molecule has 0 aliphatic carbocycles. The summed E-state index contributed by atoms with van der Waals surface area (Å²) in [5.41, 5.74) is 7.95. The van der Waals surface area contributed by atoms with Crippen molar-refractivity contribution in [2.24, 2.45) is 5.73 Å². The van der Waals surface area contributed by atoms with E-state index in [4.69, 9.17) is 10.3 Å². The average Bonchev–Trinajstić information content (AvgIpc) is 2.86. The predicted octanol–water partition coefficient (Wildman–Crippen LogP) is 3.03. The maximum Gasteiger partial charge on any atom is 0.226 e. The normalized spacial score (nSPS) is 10.9. The van der Waals surface area contributed by atoms with Crippen LogP contribution >= 0.6 is 0 Å². The summed E-state index contributed by atoms with van der Waals surface area (Å²) in [4.78, 5) is 4.45. The van der Waals surface area contributed by atoms with Crippen LogP contribution in [0.1, 0.15) is 48.5 Å². The molecule has 0 atom stereocenters. The maximum absolute atomic E-state index is 5.47. The number of unbranched alkanes of at least 4 members (excludes halogenated alkanes) is 3. The molecule has 0 aliphatic heterocycles. The van der Waals surface area contributed by atoms with Crippen LogP contribution in [-0.4, -0.2) is 16.7 Å². The molecule has 0 fully saturated rings. The third-order valence-electron chi connectivity index (χ3n) is 3.30. The Morgan fingerprint density at radius 2 is 2.00 bits per heavy atom. The van der Waals surface area contributed by atoms with E-state index < -0.39 is 0 Å². The van der Waals surface area contributed by atoms with Crippen molar-refractivity contribution in [3.8, 4) is 0 Å². The maximum atomic E-state index is 5.47. The number of benzene rings is 1. The number of aryl methyl sites for hydroxylation is 2. The number of nitrogens with zero attached hydrogens (tertiary/aromatic N) is 2. The molecule has 4 nitrogen and oxygen atoms in total. The molecule has 0 amide bonds. The molecule has 1 aromatic heterocycles. The van der Waals surface area contributed by atoms with Crippen molar-refractivity contribution in [2.75, 3.05) is 6.54 Å². The van der Waals surface area contributed by atoms with Crippen molar-refractivity contribution in [1.82, 2.24) is 10.1 Å². The quantitative estimate of drug-likeness (QED) is 0.751. The number of nitrogens with two attached hydrogens (primary N) is 1. The molecule has 0 bridgehead atoms. The summed E-state index contributed by atoms with van der Waals surface area (Å²) in [6.45, 7) is 2.87. The Hall–Kier alpha value is -1.68. The van der Waals surface area contributed by atoms with Gasteiger partial charge in [-0.2, -0.15) is 4.98 Å². The summed E-state index contributed by atoms with van der Waals surface area (Å²) in [5.74, 6) is 1.52. The molecule has 4 heteroatoms. The molecule has 0 saturated carbocycles. The van der Waals surface area contributed by atoms with Gasteiger partial charge in [0.15, 0.2) is 5.82 Å². The highest BCUT2D eigenvalue weighted by Crippen LogP contribution is 2.11. The van der Waals surface area contributed by atoms with Crippen molar-refractivity contribution >= 4 is 0 Å². The number of rotatable bonds is 8. The smallest absolute Gasteiger partial charge is 0.226 e. The molecule has 0 spiro atoms. The summed E-state index contributed by atoms with van der Waals surface area (Å²) < 4.78 is 5.29. The number of aromatic nitrogens is 2. The minimum absolute atomic E-state index is 0.734. The van der Waals surface area contributed by atoms with Gasteiger partial charge in [-0.1, -0.05) is 47.8 Å². The van der Waals surface area contributed by atoms with Crippen LogP contribution in [0.15, 0.2) is 28.8 Å². The minimum atomic E-state index is 0.734. The van der Waals surface area contributed by atoms with E-state index in [1.54, 1.807) is 0 Å². The van der Waals surface area contributed by atoms with E-state index >= 15 is 0 Å². The Balaban J connectivity index is 1.80. The molecule has 0 radical (unpaired) electrons. The van der Waals surface area contributed by atoms with Crippen molar-refractivity contribution in [3.63, 3.8) is 0 Å². The second kappa shape index (κ2) is 7.80. The van der Waals surface area contributed by atoms with Crippen LogP contribution in [0.5, 0.6) is 0 Å². The van der Waals surface area contributed by atoms with Crippen molar-refractivity contribution in [2.45, 2.75) is 45.4 Å². The first-order valence-electron chi connectivity index (χ1n) is 7.35. The lowest BCUT2D eigenvalue weighted by atomic mass is 10.1. The number of hydrogen-bond acceptors (Lipinski definition) is 4. The third-order valence-corrected chi connectivity index (χ3v) is 3.30. The third kappa shape index (κ3) is 4.78. The molecule has 108 valence electrons. The summed E-state index contributed by atoms with van der Waals surface area (Å²) in [5, 5.41) is 4.05. The average molecular weight is 273 g/mol.